The first kappa shape index (κ1) is 11.5. The van der Waals surface area contributed by atoms with Crippen LogP contribution in [-0.2, 0) is 4.79 Å². The zero-order valence-corrected chi connectivity index (χ0v) is 9.20. The summed E-state index contributed by atoms with van der Waals surface area (Å²) in [5.74, 6) is 0.239. The fourth-order valence-corrected chi connectivity index (χ4v) is 1.62. The molecular formula is C11H21NO2. The summed E-state index contributed by atoms with van der Waals surface area (Å²) in [7, 11) is 0. The van der Waals surface area contributed by atoms with Gasteiger partial charge in [0, 0.05) is 12.6 Å². The van der Waals surface area contributed by atoms with Crippen molar-refractivity contribution in [3.8, 4) is 0 Å². The van der Waals surface area contributed by atoms with Crippen LogP contribution in [0.15, 0.2) is 0 Å². The predicted octanol–water partition coefficient (Wildman–Crippen LogP) is 1.97. The molecule has 3 nitrogen and oxygen atoms in total. The maximum absolute atomic E-state index is 10.5. The molecule has 1 rings (SSSR count). The second kappa shape index (κ2) is 5.35. The highest BCUT2D eigenvalue weighted by Gasteiger charge is 2.22. The van der Waals surface area contributed by atoms with Crippen LogP contribution in [0, 0.1) is 5.92 Å². The summed E-state index contributed by atoms with van der Waals surface area (Å²) in [4.78, 5) is 12.7. The molecule has 1 N–H and O–H groups in total. The van der Waals surface area contributed by atoms with Gasteiger partial charge in [-0.15, -0.1) is 0 Å². The maximum Gasteiger partial charge on any atom is 0.304 e. The van der Waals surface area contributed by atoms with E-state index < -0.39 is 5.97 Å². The molecule has 0 saturated heterocycles. The number of rotatable bonds is 7. The van der Waals surface area contributed by atoms with Gasteiger partial charge in [0.25, 0.3) is 0 Å². The number of carbonyl (C=O) groups is 1. The molecule has 0 radical (unpaired) electrons. The van der Waals surface area contributed by atoms with Gasteiger partial charge in [-0.1, -0.05) is 12.8 Å². The van der Waals surface area contributed by atoms with Gasteiger partial charge < -0.3 is 10.0 Å². The predicted molar refractivity (Wildman–Crippen MR) is 56.3 cm³/mol. The SMILES string of the molecule is CC(C)N(CCC(=O)O)CCC1CC1. The first-order valence-electron chi connectivity index (χ1n) is 5.55. The summed E-state index contributed by atoms with van der Waals surface area (Å²) < 4.78 is 0. The lowest BCUT2D eigenvalue weighted by Gasteiger charge is -2.25. The lowest BCUT2D eigenvalue weighted by molar-refractivity contribution is -0.137. The van der Waals surface area contributed by atoms with E-state index in [4.69, 9.17) is 5.11 Å². The molecule has 0 aromatic rings. The van der Waals surface area contributed by atoms with Gasteiger partial charge in [0.15, 0.2) is 0 Å². The van der Waals surface area contributed by atoms with Gasteiger partial charge in [-0.2, -0.15) is 0 Å². The summed E-state index contributed by atoms with van der Waals surface area (Å²) in [5.41, 5.74) is 0. The Bertz CT molecular complexity index is 188. The van der Waals surface area contributed by atoms with Crippen molar-refractivity contribution in [1.29, 1.82) is 0 Å². The van der Waals surface area contributed by atoms with Crippen LogP contribution in [-0.4, -0.2) is 35.1 Å². The molecule has 0 amide bonds. The molecule has 0 unspecified atom stereocenters. The average Bonchev–Trinajstić information content (AvgIpc) is 2.86. The normalized spacial score (nSPS) is 16.6. The Balaban J connectivity index is 2.18. The Labute approximate surface area is 86.1 Å². The third-order valence-electron chi connectivity index (χ3n) is 2.86. The molecule has 0 atom stereocenters. The molecule has 82 valence electrons. The fourth-order valence-electron chi connectivity index (χ4n) is 1.62. The fraction of sp³-hybridized carbons (Fsp3) is 0.909. The molecule has 1 aliphatic rings. The smallest absolute Gasteiger partial charge is 0.304 e. The molecule has 1 fully saturated rings. The van der Waals surface area contributed by atoms with E-state index in [1.54, 1.807) is 0 Å². The molecule has 1 aliphatic carbocycles. The lowest BCUT2D eigenvalue weighted by atomic mass is 10.2. The molecule has 3 heteroatoms. The molecule has 0 bridgehead atoms. The number of nitrogens with zero attached hydrogens (tertiary/aromatic N) is 1. The minimum Gasteiger partial charge on any atom is -0.481 e. The first-order chi connectivity index (χ1) is 6.59. The van der Waals surface area contributed by atoms with Gasteiger partial charge in [0.2, 0.25) is 0 Å². The van der Waals surface area contributed by atoms with Crippen molar-refractivity contribution in [3.05, 3.63) is 0 Å². The quantitative estimate of drug-likeness (QED) is 0.681. The number of carboxylic acids is 1. The maximum atomic E-state index is 10.5. The van der Waals surface area contributed by atoms with E-state index in [1.807, 2.05) is 0 Å². The van der Waals surface area contributed by atoms with Crippen molar-refractivity contribution in [1.82, 2.24) is 4.90 Å². The standard InChI is InChI=1S/C11H21NO2/c1-9(2)12(8-6-11(13)14)7-5-10-3-4-10/h9-10H,3-8H2,1-2H3,(H,13,14). The molecular weight excluding hydrogens is 178 g/mol. The average molecular weight is 199 g/mol. The monoisotopic (exact) mass is 199 g/mol. The molecule has 0 aliphatic heterocycles. The highest BCUT2D eigenvalue weighted by atomic mass is 16.4. The second-order valence-corrected chi connectivity index (χ2v) is 4.51. The summed E-state index contributed by atoms with van der Waals surface area (Å²) in [6.07, 6.45) is 4.27. The van der Waals surface area contributed by atoms with E-state index >= 15 is 0 Å². The summed E-state index contributed by atoms with van der Waals surface area (Å²) in [6, 6.07) is 0.466. The van der Waals surface area contributed by atoms with Crippen LogP contribution in [0.1, 0.15) is 39.5 Å². The summed E-state index contributed by atoms with van der Waals surface area (Å²) in [6.45, 7) is 6.03. The lowest BCUT2D eigenvalue weighted by Crippen LogP contribution is -2.34. The van der Waals surface area contributed by atoms with E-state index in [0.717, 1.165) is 12.5 Å². The Morgan fingerprint density at radius 2 is 2.07 bits per heavy atom. The van der Waals surface area contributed by atoms with Crippen LogP contribution in [0.5, 0.6) is 0 Å². The van der Waals surface area contributed by atoms with Crippen molar-refractivity contribution in [3.63, 3.8) is 0 Å². The van der Waals surface area contributed by atoms with E-state index in [-0.39, 0.29) is 6.42 Å². The molecule has 0 spiro atoms. The van der Waals surface area contributed by atoms with E-state index in [2.05, 4.69) is 18.7 Å². The van der Waals surface area contributed by atoms with Gasteiger partial charge in [-0.25, -0.2) is 0 Å². The van der Waals surface area contributed by atoms with Crippen molar-refractivity contribution >= 4 is 5.97 Å². The highest BCUT2D eigenvalue weighted by molar-refractivity contribution is 5.66. The van der Waals surface area contributed by atoms with Crippen molar-refractivity contribution < 1.29 is 9.90 Å². The third-order valence-corrected chi connectivity index (χ3v) is 2.86. The van der Waals surface area contributed by atoms with Crippen LogP contribution in [0.3, 0.4) is 0 Å². The minimum absolute atomic E-state index is 0.267. The Hall–Kier alpha value is -0.570. The first-order valence-corrected chi connectivity index (χ1v) is 5.55. The van der Waals surface area contributed by atoms with E-state index in [9.17, 15) is 4.79 Å². The molecule has 0 aromatic carbocycles. The van der Waals surface area contributed by atoms with Gasteiger partial charge in [-0.3, -0.25) is 4.79 Å². The number of hydrogen-bond donors (Lipinski definition) is 1. The van der Waals surface area contributed by atoms with Crippen molar-refractivity contribution in [2.45, 2.75) is 45.6 Å². The number of hydrogen-bond acceptors (Lipinski definition) is 2. The van der Waals surface area contributed by atoms with Gasteiger partial charge in [0.1, 0.15) is 0 Å². The second-order valence-electron chi connectivity index (χ2n) is 4.51. The van der Waals surface area contributed by atoms with Crippen LogP contribution >= 0.6 is 0 Å². The largest absolute Gasteiger partial charge is 0.481 e. The highest BCUT2D eigenvalue weighted by Crippen LogP contribution is 2.32. The van der Waals surface area contributed by atoms with Crippen LogP contribution in [0.4, 0.5) is 0 Å². The van der Waals surface area contributed by atoms with Crippen LogP contribution < -0.4 is 0 Å². The number of carboxylic acid groups (broad SMARTS) is 1. The van der Waals surface area contributed by atoms with Gasteiger partial charge in [0.05, 0.1) is 6.42 Å². The van der Waals surface area contributed by atoms with E-state index in [1.165, 1.54) is 19.3 Å². The van der Waals surface area contributed by atoms with E-state index in [0.29, 0.717) is 12.6 Å². The third kappa shape index (κ3) is 4.61. The molecule has 14 heavy (non-hydrogen) atoms. The minimum atomic E-state index is -0.693. The Kier molecular flexibility index (Phi) is 4.39. The summed E-state index contributed by atoms with van der Waals surface area (Å²) >= 11 is 0. The zero-order chi connectivity index (χ0) is 10.6. The topological polar surface area (TPSA) is 40.5 Å². The van der Waals surface area contributed by atoms with Crippen molar-refractivity contribution in [2.75, 3.05) is 13.1 Å². The molecule has 0 aromatic heterocycles. The van der Waals surface area contributed by atoms with Crippen molar-refractivity contribution in [2.24, 2.45) is 5.92 Å². The molecule has 0 heterocycles. The van der Waals surface area contributed by atoms with Gasteiger partial charge in [-0.05, 0) is 32.7 Å². The molecule has 1 saturated carbocycles. The van der Waals surface area contributed by atoms with Crippen LogP contribution in [0.25, 0.3) is 0 Å². The Morgan fingerprint density at radius 1 is 1.43 bits per heavy atom. The summed E-state index contributed by atoms with van der Waals surface area (Å²) in [5, 5.41) is 8.61. The number of aliphatic carboxylic acids is 1. The van der Waals surface area contributed by atoms with Gasteiger partial charge >= 0.3 is 5.97 Å². The zero-order valence-electron chi connectivity index (χ0n) is 9.20. The van der Waals surface area contributed by atoms with Crippen LogP contribution in [0.2, 0.25) is 0 Å². The Morgan fingerprint density at radius 3 is 2.50 bits per heavy atom.